The molecule has 4 rings (SSSR count). The number of ketones is 1. The first-order valence-electron chi connectivity index (χ1n) is 15.7. The largest absolute Gasteiger partial charge is 0.368 e. The topological polar surface area (TPSA) is 139 Å². The standard InChI is InChI=1S/C31H48F2N4O5/c1-5-7-22(24(39)26(40)35-20-10-11-20)31(28(34)42)21-9-6-8-19(21)17-37(31)27(41)25(29(2,3)4)36-23(38)16-18-12-14-30(32,33)15-13-18/h18-22,25H,5-17H2,1-4H3,(H2,34,42)(H,35,40)(H,36,38)/t19?,21?,22-,25-,31?/m1/s1. The van der Waals surface area contributed by atoms with Gasteiger partial charge in [-0.3, -0.25) is 24.0 Å². The summed E-state index contributed by atoms with van der Waals surface area (Å²) in [5, 5.41) is 5.61. The second-order valence-corrected chi connectivity index (χ2v) is 14.3. The number of nitrogens with two attached hydrogens (primary N) is 1. The van der Waals surface area contributed by atoms with Crippen molar-refractivity contribution in [2.45, 2.75) is 128 Å². The van der Waals surface area contributed by atoms with E-state index in [4.69, 9.17) is 5.73 Å². The maximum absolute atomic E-state index is 14.5. The summed E-state index contributed by atoms with van der Waals surface area (Å²) >= 11 is 0. The van der Waals surface area contributed by atoms with Gasteiger partial charge in [-0.05, 0) is 68.1 Å². The number of hydrogen-bond acceptors (Lipinski definition) is 5. The zero-order chi connectivity index (χ0) is 31.0. The first-order valence-corrected chi connectivity index (χ1v) is 15.7. The fourth-order valence-electron chi connectivity index (χ4n) is 7.70. The molecule has 0 radical (unpaired) electrons. The number of fused-ring (bicyclic) bond motifs is 1. The van der Waals surface area contributed by atoms with Gasteiger partial charge in [0.25, 0.3) is 5.91 Å². The Morgan fingerprint density at radius 3 is 2.19 bits per heavy atom. The van der Waals surface area contributed by atoms with Crippen molar-refractivity contribution in [3.8, 4) is 0 Å². The van der Waals surface area contributed by atoms with E-state index in [1.54, 1.807) is 20.8 Å². The molecule has 5 atom stereocenters. The number of carbonyl (C=O) groups is 5. The average Bonchev–Trinajstić information content (AvgIpc) is 3.48. The van der Waals surface area contributed by atoms with E-state index in [9.17, 15) is 32.8 Å². The second-order valence-electron chi connectivity index (χ2n) is 14.3. The van der Waals surface area contributed by atoms with Gasteiger partial charge in [-0.15, -0.1) is 0 Å². The van der Waals surface area contributed by atoms with Gasteiger partial charge in [0.05, 0.1) is 5.92 Å². The molecule has 1 saturated heterocycles. The van der Waals surface area contributed by atoms with Crippen LogP contribution in [0.15, 0.2) is 0 Å². The number of Topliss-reactive ketones (excluding diaryl/α,β-unsaturated/α-hetero) is 1. The molecule has 0 spiro atoms. The van der Waals surface area contributed by atoms with Crippen LogP contribution in [0.5, 0.6) is 0 Å². The summed E-state index contributed by atoms with van der Waals surface area (Å²) in [6.45, 7) is 7.48. The van der Waals surface area contributed by atoms with Crippen molar-refractivity contribution < 1.29 is 32.8 Å². The van der Waals surface area contributed by atoms with Gasteiger partial charge in [0, 0.05) is 31.8 Å². The molecule has 3 unspecified atom stereocenters. The second kappa shape index (κ2) is 12.2. The molecule has 0 aromatic heterocycles. The van der Waals surface area contributed by atoms with Gasteiger partial charge in [0.2, 0.25) is 29.4 Å². The molecule has 4 aliphatic rings. The molecule has 42 heavy (non-hydrogen) atoms. The number of hydrogen-bond donors (Lipinski definition) is 3. The van der Waals surface area contributed by atoms with Crippen LogP contribution in [0.2, 0.25) is 0 Å². The van der Waals surface area contributed by atoms with Crippen molar-refractivity contribution in [3.63, 3.8) is 0 Å². The van der Waals surface area contributed by atoms with E-state index >= 15 is 0 Å². The highest BCUT2D eigenvalue weighted by Crippen LogP contribution is 2.53. The van der Waals surface area contributed by atoms with Crippen molar-refractivity contribution in [2.75, 3.05) is 6.54 Å². The third-order valence-electron chi connectivity index (χ3n) is 10.0. The SMILES string of the molecule is CCC[C@H](C(=O)C(=O)NC1CC1)C1(C(N)=O)C2CCCC2CN1C(=O)[C@@H](NC(=O)CC1CCC(F)(F)CC1)C(C)(C)C. The molecule has 236 valence electrons. The molecule has 4 N–H and O–H groups in total. The highest BCUT2D eigenvalue weighted by atomic mass is 19.3. The fraction of sp³-hybridized carbons (Fsp3) is 0.839. The van der Waals surface area contributed by atoms with Gasteiger partial charge in [0.15, 0.2) is 0 Å². The number of nitrogens with zero attached hydrogens (tertiary/aromatic N) is 1. The maximum Gasteiger partial charge on any atom is 0.287 e. The highest BCUT2D eigenvalue weighted by Gasteiger charge is 2.66. The summed E-state index contributed by atoms with van der Waals surface area (Å²) in [4.78, 5) is 69.7. The molecule has 9 nitrogen and oxygen atoms in total. The molecule has 4 fully saturated rings. The third-order valence-corrected chi connectivity index (χ3v) is 10.0. The van der Waals surface area contributed by atoms with Crippen LogP contribution in [0, 0.1) is 29.1 Å². The number of nitrogens with one attached hydrogen (secondary N) is 2. The van der Waals surface area contributed by atoms with Gasteiger partial charge in [0.1, 0.15) is 11.6 Å². The van der Waals surface area contributed by atoms with Crippen molar-refractivity contribution in [1.29, 1.82) is 0 Å². The maximum atomic E-state index is 14.5. The predicted molar refractivity (Wildman–Crippen MR) is 152 cm³/mol. The molecule has 4 amide bonds. The number of primary amides is 1. The summed E-state index contributed by atoms with van der Waals surface area (Å²) in [7, 11) is 0. The molecule has 3 saturated carbocycles. The van der Waals surface area contributed by atoms with Crippen LogP contribution in [0.1, 0.15) is 105 Å². The van der Waals surface area contributed by atoms with Crippen molar-refractivity contribution in [1.82, 2.24) is 15.5 Å². The van der Waals surface area contributed by atoms with Gasteiger partial charge < -0.3 is 21.3 Å². The normalized spacial score (nSPS) is 29.0. The minimum absolute atomic E-state index is 0.0282. The predicted octanol–water partition coefficient (Wildman–Crippen LogP) is 3.48. The smallest absolute Gasteiger partial charge is 0.287 e. The average molecular weight is 595 g/mol. The van der Waals surface area contributed by atoms with E-state index < -0.39 is 58.2 Å². The molecule has 1 heterocycles. The Balaban J connectivity index is 1.65. The quantitative estimate of drug-likeness (QED) is 0.315. The molecular formula is C31H48F2N4O5. The van der Waals surface area contributed by atoms with Crippen LogP contribution in [0.4, 0.5) is 8.78 Å². The minimum atomic E-state index is -2.70. The van der Waals surface area contributed by atoms with E-state index in [0.717, 1.165) is 25.7 Å². The van der Waals surface area contributed by atoms with E-state index in [-0.39, 0.29) is 68.9 Å². The Morgan fingerprint density at radius 1 is 1.00 bits per heavy atom. The summed E-state index contributed by atoms with van der Waals surface area (Å²) in [6, 6.07) is -1.10. The molecular weight excluding hydrogens is 546 g/mol. The molecule has 0 bridgehead atoms. The first kappa shape index (κ1) is 32.3. The van der Waals surface area contributed by atoms with Gasteiger partial charge in [-0.1, -0.05) is 40.5 Å². The molecule has 3 aliphatic carbocycles. The zero-order valence-corrected chi connectivity index (χ0v) is 25.5. The molecule has 0 aromatic carbocycles. The van der Waals surface area contributed by atoms with E-state index in [1.807, 2.05) is 6.92 Å². The Morgan fingerprint density at radius 2 is 1.64 bits per heavy atom. The van der Waals surface area contributed by atoms with Crippen molar-refractivity contribution >= 4 is 29.4 Å². The van der Waals surface area contributed by atoms with Gasteiger partial charge in [-0.25, -0.2) is 8.78 Å². The monoisotopic (exact) mass is 594 g/mol. The lowest BCUT2D eigenvalue weighted by atomic mass is 9.68. The number of rotatable bonds is 11. The van der Waals surface area contributed by atoms with Crippen molar-refractivity contribution in [3.05, 3.63) is 0 Å². The van der Waals surface area contributed by atoms with Crippen LogP contribution in [0.3, 0.4) is 0 Å². The highest BCUT2D eigenvalue weighted by molar-refractivity contribution is 6.38. The lowest BCUT2D eigenvalue weighted by molar-refractivity contribution is -0.159. The number of alkyl halides is 2. The number of halogens is 2. The Labute approximate surface area is 247 Å². The number of amides is 4. The van der Waals surface area contributed by atoms with Gasteiger partial charge in [-0.2, -0.15) is 0 Å². The van der Waals surface area contributed by atoms with Gasteiger partial charge >= 0.3 is 0 Å². The van der Waals surface area contributed by atoms with Crippen LogP contribution in [-0.4, -0.2) is 64.4 Å². The summed E-state index contributed by atoms with van der Waals surface area (Å²) in [5.74, 6) is -7.60. The molecule has 1 aliphatic heterocycles. The Hall–Kier alpha value is -2.59. The lowest BCUT2D eigenvalue weighted by Crippen LogP contribution is -2.69. The zero-order valence-electron chi connectivity index (χ0n) is 25.5. The summed E-state index contributed by atoms with van der Waals surface area (Å²) < 4.78 is 27.3. The Kier molecular flexibility index (Phi) is 9.38. The van der Waals surface area contributed by atoms with E-state index in [0.29, 0.717) is 12.8 Å². The molecule has 11 heteroatoms. The summed E-state index contributed by atoms with van der Waals surface area (Å²) in [5.41, 5.74) is 3.73. The Bertz CT molecular complexity index is 1080. The minimum Gasteiger partial charge on any atom is -0.368 e. The number of likely N-dealkylation sites (tertiary alicyclic amines) is 1. The first-order chi connectivity index (χ1) is 19.6. The number of carbonyl (C=O) groups excluding carboxylic acids is 5. The lowest BCUT2D eigenvalue weighted by Gasteiger charge is -2.46. The van der Waals surface area contributed by atoms with E-state index in [1.165, 1.54) is 4.90 Å². The van der Waals surface area contributed by atoms with Crippen LogP contribution in [-0.2, 0) is 24.0 Å². The van der Waals surface area contributed by atoms with Crippen LogP contribution >= 0.6 is 0 Å². The fourth-order valence-corrected chi connectivity index (χ4v) is 7.70. The van der Waals surface area contributed by atoms with E-state index in [2.05, 4.69) is 10.6 Å². The van der Waals surface area contributed by atoms with Crippen molar-refractivity contribution in [2.24, 2.45) is 34.8 Å². The summed E-state index contributed by atoms with van der Waals surface area (Å²) in [6.07, 6.45) is 4.49. The van der Waals surface area contributed by atoms with Crippen LogP contribution in [0.25, 0.3) is 0 Å². The van der Waals surface area contributed by atoms with Crippen LogP contribution < -0.4 is 16.4 Å². The molecule has 0 aromatic rings. The third kappa shape index (κ3) is 6.49.